The fourth-order valence-corrected chi connectivity index (χ4v) is 0.215. The number of hydrogen-bond donors (Lipinski definition) is 2. The van der Waals surface area contributed by atoms with Crippen molar-refractivity contribution in [3.05, 3.63) is 18.7 Å². The van der Waals surface area contributed by atoms with Crippen LogP contribution in [0.15, 0.2) is 18.7 Å². The molecule has 0 spiro atoms. The van der Waals surface area contributed by atoms with Crippen molar-refractivity contribution >= 4 is 7.69 Å². The molecule has 10 heavy (non-hydrogen) atoms. The van der Waals surface area contributed by atoms with E-state index < -0.39 is 7.69 Å². The molecule has 1 rings (SSSR count). The van der Waals surface area contributed by atoms with Crippen LogP contribution < -0.4 is 34.6 Å². The van der Waals surface area contributed by atoms with Crippen LogP contribution in [0.25, 0.3) is 0 Å². The van der Waals surface area contributed by atoms with Crippen LogP contribution in [0.2, 0.25) is 0 Å². The first kappa shape index (κ1) is 16.6. The molecule has 0 unspecified atom stereocenters. The Hall–Kier alpha value is 0.155. The molecule has 0 saturated carbocycles. The third-order valence-electron chi connectivity index (χ3n) is 0.406. The van der Waals surface area contributed by atoms with Crippen LogP contribution in [-0.2, 0) is 0 Å². The summed E-state index contributed by atoms with van der Waals surface area (Å²) in [5, 5.41) is 15.5. The first-order valence-corrected chi connectivity index (χ1v) is 2.03. The molecule has 0 bridgehead atoms. The number of nitrogens with one attached hydrogen (secondary N) is 1. The average molecular weight is 154 g/mol. The summed E-state index contributed by atoms with van der Waals surface area (Å²) in [6.45, 7) is 0. The molecule has 0 radical (unpaired) electrons. The Kier molecular flexibility index (Phi) is 26.7. The molecule has 0 aromatic carbocycles. The van der Waals surface area contributed by atoms with E-state index >= 15 is 0 Å². The van der Waals surface area contributed by atoms with Gasteiger partial charge in [-0.1, -0.05) is 0 Å². The zero-order valence-corrected chi connectivity index (χ0v) is 7.74. The summed E-state index contributed by atoms with van der Waals surface area (Å²) in [6.07, 6.45) is 5.08. The third kappa shape index (κ3) is 15.7. The van der Waals surface area contributed by atoms with Crippen LogP contribution >= 0.6 is 0 Å². The Bertz CT molecular complexity index is 88.6. The van der Waals surface area contributed by atoms with Crippen molar-refractivity contribution in [3.8, 4) is 0 Å². The SMILES string of the molecule is O.[Na+].[O-]BO.c1c[nH]cn1. The fraction of sp³-hybridized carbons (Fsp3) is 0. The first-order valence-electron chi connectivity index (χ1n) is 2.03. The van der Waals surface area contributed by atoms with Crippen molar-refractivity contribution in [2.75, 3.05) is 0 Å². The average Bonchev–Trinajstić information content (AvgIpc) is 2.17. The zero-order chi connectivity index (χ0) is 6.24. The van der Waals surface area contributed by atoms with Crippen molar-refractivity contribution in [2.45, 2.75) is 0 Å². The van der Waals surface area contributed by atoms with Gasteiger partial charge in [0.15, 0.2) is 7.69 Å². The maximum atomic E-state index is 8.49. The Balaban J connectivity index is -0.0000000900. The summed E-state index contributed by atoms with van der Waals surface area (Å²) in [5.41, 5.74) is 0. The van der Waals surface area contributed by atoms with Gasteiger partial charge in [0.1, 0.15) is 0 Å². The molecule has 52 valence electrons. The molecule has 7 heteroatoms. The van der Waals surface area contributed by atoms with Crippen LogP contribution in [0.4, 0.5) is 0 Å². The van der Waals surface area contributed by atoms with Crippen molar-refractivity contribution in [1.82, 2.24) is 9.97 Å². The van der Waals surface area contributed by atoms with Gasteiger partial charge in [-0.2, -0.15) is 0 Å². The summed E-state index contributed by atoms with van der Waals surface area (Å²) < 4.78 is 0. The molecule has 0 aliphatic heterocycles. The Labute approximate surface area is 81.4 Å². The predicted molar refractivity (Wildman–Crippen MR) is 31.6 cm³/mol. The molecular weight excluding hydrogens is 146 g/mol. The minimum absolute atomic E-state index is 0. The molecule has 0 fully saturated rings. The van der Waals surface area contributed by atoms with Gasteiger partial charge in [0, 0.05) is 12.4 Å². The van der Waals surface area contributed by atoms with E-state index in [9.17, 15) is 0 Å². The number of hydrogen-bond acceptors (Lipinski definition) is 3. The van der Waals surface area contributed by atoms with E-state index in [0.717, 1.165) is 0 Å². The fourth-order valence-electron chi connectivity index (χ4n) is 0.215. The minimum Gasteiger partial charge on any atom is -0.859 e. The second-order valence-corrected chi connectivity index (χ2v) is 0.890. The van der Waals surface area contributed by atoms with Gasteiger partial charge in [0.25, 0.3) is 0 Å². The van der Waals surface area contributed by atoms with Gasteiger partial charge in [0.2, 0.25) is 0 Å². The van der Waals surface area contributed by atoms with E-state index in [4.69, 9.17) is 10.0 Å². The largest absolute Gasteiger partial charge is 1.00 e. The van der Waals surface area contributed by atoms with Crippen molar-refractivity contribution < 1.29 is 45.1 Å². The Morgan fingerprint density at radius 1 is 1.60 bits per heavy atom. The smallest absolute Gasteiger partial charge is 0.859 e. The summed E-state index contributed by atoms with van der Waals surface area (Å²) in [5.74, 6) is 0. The third-order valence-corrected chi connectivity index (χ3v) is 0.406. The molecule has 4 N–H and O–H groups in total. The van der Waals surface area contributed by atoms with Crippen molar-refractivity contribution in [2.24, 2.45) is 0 Å². The molecule has 0 saturated heterocycles. The number of imidazole rings is 1. The van der Waals surface area contributed by atoms with E-state index in [1.165, 1.54) is 0 Å². The van der Waals surface area contributed by atoms with Crippen LogP contribution in [-0.4, -0.2) is 28.2 Å². The number of aromatic nitrogens is 2. The molecule has 0 aliphatic carbocycles. The second-order valence-electron chi connectivity index (χ2n) is 0.890. The summed E-state index contributed by atoms with van der Waals surface area (Å²) >= 11 is 0. The molecule has 0 atom stereocenters. The number of rotatable bonds is 0. The van der Waals surface area contributed by atoms with Gasteiger partial charge >= 0.3 is 29.6 Å². The Morgan fingerprint density at radius 3 is 2.20 bits per heavy atom. The topological polar surface area (TPSA) is 103 Å². The van der Waals surface area contributed by atoms with Crippen LogP contribution in [0.5, 0.6) is 0 Å². The number of aromatic amines is 1. The van der Waals surface area contributed by atoms with Crippen LogP contribution in [0.3, 0.4) is 0 Å². The van der Waals surface area contributed by atoms with Gasteiger partial charge in [-0.15, -0.1) is 0 Å². The molecule has 1 aromatic rings. The van der Waals surface area contributed by atoms with E-state index in [1.807, 2.05) is 0 Å². The number of H-pyrrole nitrogens is 1. The maximum Gasteiger partial charge on any atom is 1.00 e. The van der Waals surface area contributed by atoms with Gasteiger partial charge in [-0.25, -0.2) is 4.98 Å². The summed E-state index contributed by atoms with van der Waals surface area (Å²) in [7, 11) is -1.00. The Morgan fingerprint density at radius 2 is 2.10 bits per heavy atom. The maximum absolute atomic E-state index is 8.49. The van der Waals surface area contributed by atoms with Crippen LogP contribution in [0, 0.1) is 0 Å². The first-order chi connectivity index (χ1) is 3.91. The van der Waals surface area contributed by atoms with E-state index in [-0.39, 0.29) is 35.0 Å². The molecule has 1 aromatic heterocycles. The van der Waals surface area contributed by atoms with E-state index in [2.05, 4.69) is 9.97 Å². The monoisotopic (exact) mass is 154 g/mol. The quantitative estimate of drug-likeness (QED) is 0.363. The second kappa shape index (κ2) is 16.1. The standard InChI is InChI=1S/C3H4N2.BH2O2.Na.H2O/c1-2-5-3-4-1;2-1-3;;/h1-3H,(H,4,5);1-2H;;1H2/q;-1;+1;. The van der Waals surface area contributed by atoms with Crippen LogP contribution in [0.1, 0.15) is 0 Å². The molecule has 0 amide bonds. The molecular formula is C3H8BN2NaO3. The summed E-state index contributed by atoms with van der Waals surface area (Å²) in [4.78, 5) is 6.42. The van der Waals surface area contributed by atoms with Gasteiger partial charge in [-0.3, -0.25) is 0 Å². The van der Waals surface area contributed by atoms with Gasteiger partial charge < -0.3 is 20.5 Å². The van der Waals surface area contributed by atoms with E-state index in [0.29, 0.717) is 0 Å². The molecule has 1 heterocycles. The van der Waals surface area contributed by atoms with Gasteiger partial charge in [0.05, 0.1) is 6.33 Å². The zero-order valence-electron chi connectivity index (χ0n) is 5.74. The summed E-state index contributed by atoms with van der Waals surface area (Å²) in [6, 6.07) is 0. The van der Waals surface area contributed by atoms with Gasteiger partial charge in [-0.05, 0) is 0 Å². The van der Waals surface area contributed by atoms with Crippen molar-refractivity contribution in [3.63, 3.8) is 0 Å². The minimum atomic E-state index is -1.00. The number of nitrogens with zero attached hydrogens (tertiary/aromatic N) is 1. The molecule has 5 nitrogen and oxygen atoms in total. The van der Waals surface area contributed by atoms with Crippen molar-refractivity contribution in [1.29, 1.82) is 0 Å². The molecule has 0 aliphatic rings. The normalized spacial score (nSPS) is 5.40. The predicted octanol–water partition coefficient (Wildman–Crippen LogP) is -5.81. The van der Waals surface area contributed by atoms with E-state index in [1.54, 1.807) is 18.7 Å².